The van der Waals surface area contributed by atoms with Crippen LogP contribution in [0.4, 0.5) is 5.69 Å². The molecule has 0 N–H and O–H groups in total. The van der Waals surface area contributed by atoms with Crippen LogP contribution in [0.5, 0.6) is 5.75 Å². The number of esters is 1. The smallest absolute Gasteiger partial charge is 0.361 e. The van der Waals surface area contributed by atoms with E-state index in [1.807, 2.05) is 47.1 Å². The Morgan fingerprint density at radius 1 is 1.08 bits per heavy atom. The van der Waals surface area contributed by atoms with Gasteiger partial charge in [-0.3, -0.25) is 0 Å². The number of carbonyl (C=O) groups is 1. The number of methoxy groups -OCH3 is 1. The number of fused-ring (bicyclic) bond motifs is 1. The number of aromatic nitrogens is 3. The van der Waals surface area contributed by atoms with Crippen molar-refractivity contribution in [2.75, 3.05) is 31.7 Å². The van der Waals surface area contributed by atoms with E-state index in [-0.39, 0.29) is 0 Å². The SMILES string of the molecule is CCOC(=O)c1nnn(Cc2ccc(OC)cc2)c1SC1CC2CN(c3ccc(Cl)c(Cl)c3)C[C@H]2C1. The second-order valence-corrected chi connectivity index (χ2v) is 11.3. The number of hydrogen-bond acceptors (Lipinski definition) is 7. The van der Waals surface area contributed by atoms with Crippen LogP contribution in [0.3, 0.4) is 0 Å². The Bertz CT molecular complexity index is 1220. The van der Waals surface area contributed by atoms with Crippen molar-refractivity contribution in [3.63, 3.8) is 0 Å². The highest BCUT2D eigenvalue weighted by molar-refractivity contribution is 8.00. The van der Waals surface area contributed by atoms with Gasteiger partial charge in [0.2, 0.25) is 5.69 Å². The van der Waals surface area contributed by atoms with E-state index in [4.69, 9.17) is 32.7 Å². The van der Waals surface area contributed by atoms with Gasteiger partial charge in [-0.05, 0) is 67.5 Å². The molecule has 2 heterocycles. The average molecular weight is 548 g/mol. The lowest BCUT2D eigenvalue weighted by Gasteiger charge is -2.21. The number of benzene rings is 2. The molecule has 190 valence electrons. The Labute approximate surface area is 225 Å². The Morgan fingerprint density at radius 3 is 2.44 bits per heavy atom. The van der Waals surface area contributed by atoms with Crippen molar-refractivity contribution in [3.8, 4) is 5.75 Å². The van der Waals surface area contributed by atoms with Gasteiger partial charge in [0.05, 0.1) is 30.3 Å². The van der Waals surface area contributed by atoms with E-state index < -0.39 is 5.97 Å². The maximum absolute atomic E-state index is 12.6. The Morgan fingerprint density at radius 2 is 1.81 bits per heavy atom. The van der Waals surface area contributed by atoms with Crippen LogP contribution < -0.4 is 9.64 Å². The molecule has 1 aliphatic heterocycles. The molecule has 0 bridgehead atoms. The van der Waals surface area contributed by atoms with Gasteiger partial charge in [-0.2, -0.15) is 0 Å². The number of halogens is 2. The van der Waals surface area contributed by atoms with Gasteiger partial charge in [-0.1, -0.05) is 40.5 Å². The lowest BCUT2D eigenvalue weighted by molar-refractivity contribution is 0.0515. The molecule has 0 radical (unpaired) electrons. The van der Waals surface area contributed by atoms with Crippen LogP contribution in [-0.4, -0.2) is 53.0 Å². The molecule has 7 nitrogen and oxygen atoms in total. The highest BCUT2D eigenvalue weighted by atomic mass is 35.5. The summed E-state index contributed by atoms with van der Waals surface area (Å²) in [7, 11) is 1.65. The molecule has 1 saturated carbocycles. The summed E-state index contributed by atoms with van der Waals surface area (Å²) in [4.78, 5) is 15.0. The van der Waals surface area contributed by atoms with E-state index in [9.17, 15) is 4.79 Å². The average Bonchev–Trinajstić information content (AvgIpc) is 3.56. The Kier molecular flexibility index (Phi) is 7.65. The van der Waals surface area contributed by atoms with E-state index in [1.54, 1.807) is 25.8 Å². The minimum absolute atomic E-state index is 0.296. The van der Waals surface area contributed by atoms with Gasteiger partial charge in [-0.15, -0.1) is 16.9 Å². The number of anilines is 1. The van der Waals surface area contributed by atoms with Crippen LogP contribution in [0, 0.1) is 11.8 Å². The lowest BCUT2D eigenvalue weighted by atomic mass is 10.0. The normalized spacial score (nSPS) is 21.0. The van der Waals surface area contributed by atoms with E-state index in [2.05, 4.69) is 15.2 Å². The fourth-order valence-corrected chi connectivity index (χ4v) is 6.90. The Balaban J connectivity index is 1.29. The molecule has 1 aromatic heterocycles. The first-order valence-corrected chi connectivity index (χ1v) is 13.7. The number of ether oxygens (including phenoxy) is 2. The summed E-state index contributed by atoms with van der Waals surface area (Å²) in [5, 5.41) is 10.9. The predicted molar refractivity (Wildman–Crippen MR) is 143 cm³/mol. The van der Waals surface area contributed by atoms with Crippen LogP contribution in [0.15, 0.2) is 47.5 Å². The molecular formula is C26H28Cl2N4O3S. The molecule has 0 amide bonds. The minimum Gasteiger partial charge on any atom is -0.497 e. The zero-order chi connectivity index (χ0) is 25.2. The zero-order valence-electron chi connectivity index (χ0n) is 20.2. The number of carbonyl (C=O) groups excluding carboxylic acids is 1. The van der Waals surface area contributed by atoms with E-state index in [0.717, 1.165) is 48.0 Å². The van der Waals surface area contributed by atoms with Gasteiger partial charge < -0.3 is 14.4 Å². The van der Waals surface area contributed by atoms with Crippen molar-refractivity contribution in [3.05, 3.63) is 63.8 Å². The van der Waals surface area contributed by atoms with E-state index in [0.29, 0.717) is 46.0 Å². The molecule has 0 spiro atoms. The largest absolute Gasteiger partial charge is 0.497 e. The third-order valence-corrected chi connectivity index (χ3v) is 8.99. The third-order valence-electron chi connectivity index (χ3n) is 6.90. The lowest BCUT2D eigenvalue weighted by Crippen LogP contribution is -2.22. The standard InChI is InChI=1S/C26H28Cl2N4O3S/c1-3-35-26(33)24-25(32(30-29-24)13-16-4-7-20(34-2)8-5-16)36-21-10-17-14-31(15-18(17)11-21)19-6-9-22(27)23(28)12-19/h4-9,12,17-18,21H,3,10-11,13-15H2,1-2H3/t17-,18?,21?/m1/s1. The summed E-state index contributed by atoms with van der Waals surface area (Å²) in [6.45, 7) is 4.60. The van der Waals surface area contributed by atoms with E-state index >= 15 is 0 Å². The second kappa shape index (κ2) is 10.9. The van der Waals surface area contributed by atoms with Crippen LogP contribution in [0.25, 0.3) is 0 Å². The zero-order valence-corrected chi connectivity index (χ0v) is 22.5. The van der Waals surface area contributed by atoms with Crippen molar-refractivity contribution in [1.29, 1.82) is 0 Å². The fourth-order valence-electron chi connectivity index (χ4n) is 5.15. The molecule has 2 unspecified atom stereocenters. The second-order valence-electron chi connectivity index (χ2n) is 9.20. The van der Waals surface area contributed by atoms with Crippen molar-refractivity contribution in [1.82, 2.24) is 15.0 Å². The van der Waals surface area contributed by atoms with Crippen molar-refractivity contribution in [2.45, 2.75) is 36.6 Å². The summed E-state index contributed by atoms with van der Waals surface area (Å²) in [6, 6.07) is 13.7. The van der Waals surface area contributed by atoms with Crippen LogP contribution >= 0.6 is 35.0 Å². The van der Waals surface area contributed by atoms with Crippen molar-refractivity contribution in [2.24, 2.45) is 11.8 Å². The fraction of sp³-hybridized carbons (Fsp3) is 0.423. The molecule has 2 fully saturated rings. The molecule has 2 aliphatic rings. The van der Waals surface area contributed by atoms with Crippen LogP contribution in [-0.2, 0) is 11.3 Å². The molecular weight excluding hydrogens is 519 g/mol. The Hall–Kier alpha value is -2.42. The topological polar surface area (TPSA) is 69.5 Å². The minimum atomic E-state index is -0.426. The van der Waals surface area contributed by atoms with Gasteiger partial charge in [0.15, 0.2) is 0 Å². The first kappa shape index (κ1) is 25.2. The summed E-state index contributed by atoms with van der Waals surface area (Å²) in [5.74, 6) is 1.55. The van der Waals surface area contributed by atoms with Gasteiger partial charge in [-0.25, -0.2) is 9.48 Å². The molecule has 3 aromatic rings. The maximum Gasteiger partial charge on any atom is 0.361 e. The highest BCUT2D eigenvalue weighted by Gasteiger charge is 2.42. The summed E-state index contributed by atoms with van der Waals surface area (Å²) in [5.41, 5.74) is 2.47. The molecule has 2 aromatic carbocycles. The summed E-state index contributed by atoms with van der Waals surface area (Å²) < 4.78 is 12.3. The van der Waals surface area contributed by atoms with Crippen LogP contribution in [0.2, 0.25) is 10.0 Å². The first-order valence-electron chi connectivity index (χ1n) is 12.0. The van der Waals surface area contributed by atoms with Gasteiger partial charge in [0.1, 0.15) is 10.8 Å². The molecule has 1 saturated heterocycles. The predicted octanol–water partition coefficient (Wildman–Crippen LogP) is 5.83. The van der Waals surface area contributed by atoms with Gasteiger partial charge >= 0.3 is 5.97 Å². The summed E-state index contributed by atoms with van der Waals surface area (Å²) in [6.07, 6.45) is 2.15. The van der Waals surface area contributed by atoms with Crippen molar-refractivity contribution >= 4 is 46.6 Å². The highest BCUT2D eigenvalue weighted by Crippen LogP contribution is 2.46. The van der Waals surface area contributed by atoms with Gasteiger partial charge in [0.25, 0.3) is 0 Å². The number of nitrogens with zero attached hydrogens (tertiary/aromatic N) is 4. The molecule has 3 atom stereocenters. The number of rotatable bonds is 8. The van der Waals surface area contributed by atoms with Crippen molar-refractivity contribution < 1.29 is 14.3 Å². The first-order chi connectivity index (χ1) is 17.4. The van der Waals surface area contributed by atoms with Crippen LogP contribution in [0.1, 0.15) is 35.8 Å². The molecule has 36 heavy (non-hydrogen) atoms. The monoisotopic (exact) mass is 546 g/mol. The molecule has 5 rings (SSSR count). The molecule has 1 aliphatic carbocycles. The number of thioether (sulfide) groups is 1. The summed E-state index contributed by atoms with van der Waals surface area (Å²) >= 11 is 14.1. The molecule has 10 heteroatoms. The van der Waals surface area contributed by atoms with Gasteiger partial charge in [0, 0.05) is 24.0 Å². The third kappa shape index (κ3) is 5.31. The van der Waals surface area contributed by atoms with E-state index in [1.165, 1.54) is 0 Å². The maximum atomic E-state index is 12.6. The number of hydrogen-bond donors (Lipinski definition) is 0. The quantitative estimate of drug-likeness (QED) is 0.329.